The zero-order valence-corrected chi connectivity index (χ0v) is 16.9. The maximum Gasteiger partial charge on any atom is 0.256 e. The predicted octanol–water partition coefficient (Wildman–Crippen LogP) is 5.56. The van der Waals surface area contributed by atoms with E-state index in [9.17, 15) is 4.79 Å². The van der Waals surface area contributed by atoms with Gasteiger partial charge in [0, 0.05) is 10.9 Å². The fraction of sp³-hybridized carbons (Fsp3) is 0.120. The number of ether oxygens (including phenoxy) is 2. The minimum Gasteiger partial charge on any atom is -0.497 e. The van der Waals surface area contributed by atoms with Gasteiger partial charge in [0.15, 0.2) is 0 Å². The molecule has 5 nitrogen and oxygen atoms in total. The Hall–Kier alpha value is -3.86. The van der Waals surface area contributed by atoms with Gasteiger partial charge < -0.3 is 14.8 Å². The van der Waals surface area contributed by atoms with Gasteiger partial charge in [-0.1, -0.05) is 42.5 Å². The highest BCUT2D eigenvalue weighted by Crippen LogP contribution is 2.29. The fourth-order valence-electron chi connectivity index (χ4n) is 3.33. The summed E-state index contributed by atoms with van der Waals surface area (Å²) in [5.74, 6) is 1.16. The Kier molecular flexibility index (Phi) is 5.61. The van der Waals surface area contributed by atoms with E-state index >= 15 is 0 Å². The minimum absolute atomic E-state index is 0.218. The summed E-state index contributed by atoms with van der Waals surface area (Å²) in [6.45, 7) is 2.43. The SMILES string of the molecule is CCOc1ccccc1NC(=O)c1cc(-c2cccc(OC)c2)nc2ccccc12. The van der Waals surface area contributed by atoms with Gasteiger partial charge in [0.1, 0.15) is 11.5 Å². The topological polar surface area (TPSA) is 60.5 Å². The van der Waals surface area contributed by atoms with Gasteiger partial charge in [-0.25, -0.2) is 4.98 Å². The summed E-state index contributed by atoms with van der Waals surface area (Å²) in [5.41, 5.74) is 3.51. The molecule has 1 N–H and O–H groups in total. The first-order valence-corrected chi connectivity index (χ1v) is 9.77. The molecule has 0 aliphatic heterocycles. The molecule has 1 heterocycles. The van der Waals surface area contributed by atoms with Gasteiger partial charge in [-0.2, -0.15) is 0 Å². The molecule has 1 aromatic heterocycles. The number of benzene rings is 3. The molecular weight excluding hydrogens is 376 g/mol. The van der Waals surface area contributed by atoms with Crippen LogP contribution in [0, 0.1) is 0 Å². The van der Waals surface area contributed by atoms with Gasteiger partial charge in [-0.3, -0.25) is 4.79 Å². The number of carbonyl (C=O) groups is 1. The fourth-order valence-corrected chi connectivity index (χ4v) is 3.33. The molecule has 0 atom stereocenters. The second-order valence-electron chi connectivity index (χ2n) is 6.69. The van der Waals surface area contributed by atoms with Crippen molar-refractivity contribution in [2.75, 3.05) is 19.0 Å². The number of rotatable bonds is 6. The molecule has 0 spiro atoms. The van der Waals surface area contributed by atoms with E-state index < -0.39 is 0 Å². The Morgan fingerprint density at radius 3 is 2.60 bits per heavy atom. The molecule has 0 saturated heterocycles. The summed E-state index contributed by atoms with van der Waals surface area (Å²) >= 11 is 0. The number of fused-ring (bicyclic) bond motifs is 1. The average Bonchev–Trinajstić information content (AvgIpc) is 2.79. The van der Waals surface area contributed by atoms with E-state index in [2.05, 4.69) is 5.32 Å². The molecule has 1 amide bonds. The number of nitrogens with one attached hydrogen (secondary N) is 1. The number of hydrogen-bond acceptors (Lipinski definition) is 4. The van der Waals surface area contributed by atoms with E-state index in [4.69, 9.17) is 14.5 Å². The molecule has 0 unspecified atom stereocenters. The minimum atomic E-state index is -0.218. The van der Waals surface area contributed by atoms with Gasteiger partial charge in [0.05, 0.1) is 36.2 Å². The van der Waals surface area contributed by atoms with E-state index in [1.165, 1.54) is 0 Å². The van der Waals surface area contributed by atoms with Crippen LogP contribution in [0.2, 0.25) is 0 Å². The Morgan fingerprint density at radius 2 is 1.77 bits per heavy atom. The normalized spacial score (nSPS) is 10.6. The first kappa shape index (κ1) is 19.5. The number of nitrogens with zero attached hydrogens (tertiary/aromatic N) is 1. The summed E-state index contributed by atoms with van der Waals surface area (Å²) in [6, 6.07) is 24.5. The average molecular weight is 398 g/mol. The molecule has 150 valence electrons. The van der Waals surface area contributed by atoms with Crippen molar-refractivity contribution in [1.29, 1.82) is 0 Å². The van der Waals surface area contributed by atoms with E-state index in [0.29, 0.717) is 29.3 Å². The number of methoxy groups -OCH3 is 1. The number of aromatic nitrogens is 1. The van der Waals surface area contributed by atoms with Crippen molar-refractivity contribution in [3.63, 3.8) is 0 Å². The molecule has 5 heteroatoms. The molecule has 30 heavy (non-hydrogen) atoms. The standard InChI is InChI=1S/C25H22N2O3/c1-3-30-24-14-7-6-13-22(24)27-25(28)20-16-23(17-9-8-10-18(15-17)29-2)26-21-12-5-4-11-19(20)21/h4-16H,3H2,1-2H3,(H,27,28). The number of pyridine rings is 1. The van der Waals surface area contributed by atoms with Crippen molar-refractivity contribution in [2.45, 2.75) is 6.92 Å². The third kappa shape index (κ3) is 3.96. The van der Waals surface area contributed by atoms with Crippen molar-refractivity contribution >= 4 is 22.5 Å². The highest BCUT2D eigenvalue weighted by Gasteiger charge is 2.16. The van der Waals surface area contributed by atoms with E-state index in [-0.39, 0.29) is 5.91 Å². The Labute approximate surface area is 175 Å². The Bertz CT molecular complexity index is 1200. The zero-order valence-electron chi connectivity index (χ0n) is 16.9. The van der Waals surface area contributed by atoms with Crippen molar-refractivity contribution in [1.82, 2.24) is 4.98 Å². The quantitative estimate of drug-likeness (QED) is 0.462. The van der Waals surface area contributed by atoms with Crippen molar-refractivity contribution in [3.8, 4) is 22.8 Å². The summed E-state index contributed by atoms with van der Waals surface area (Å²) in [6.07, 6.45) is 0. The third-order valence-electron chi connectivity index (χ3n) is 4.76. The summed E-state index contributed by atoms with van der Waals surface area (Å²) in [7, 11) is 1.63. The van der Waals surface area contributed by atoms with Gasteiger partial charge in [-0.05, 0) is 43.3 Å². The van der Waals surface area contributed by atoms with E-state index in [0.717, 1.165) is 22.2 Å². The van der Waals surface area contributed by atoms with Crippen LogP contribution in [-0.4, -0.2) is 24.6 Å². The van der Waals surface area contributed by atoms with Crippen molar-refractivity contribution in [3.05, 3.63) is 84.4 Å². The summed E-state index contributed by atoms with van der Waals surface area (Å²) < 4.78 is 11.0. The molecule has 0 bridgehead atoms. The monoisotopic (exact) mass is 398 g/mol. The van der Waals surface area contributed by atoms with Gasteiger partial charge in [0.2, 0.25) is 0 Å². The summed E-state index contributed by atoms with van der Waals surface area (Å²) in [4.78, 5) is 18.0. The number of anilines is 1. The van der Waals surface area contributed by atoms with Crippen molar-refractivity contribution in [2.24, 2.45) is 0 Å². The third-order valence-corrected chi connectivity index (χ3v) is 4.76. The van der Waals surface area contributed by atoms with Crippen LogP contribution in [0.3, 0.4) is 0 Å². The van der Waals surface area contributed by atoms with Crippen LogP contribution in [0.4, 0.5) is 5.69 Å². The first-order valence-electron chi connectivity index (χ1n) is 9.77. The molecule has 4 aromatic rings. The Morgan fingerprint density at radius 1 is 0.967 bits per heavy atom. The van der Waals surface area contributed by atoms with E-state index in [1.807, 2.05) is 85.8 Å². The molecule has 4 rings (SSSR count). The van der Waals surface area contributed by atoms with Crippen LogP contribution in [0.1, 0.15) is 17.3 Å². The lowest BCUT2D eigenvalue weighted by atomic mass is 10.0. The summed E-state index contributed by atoms with van der Waals surface area (Å²) in [5, 5.41) is 3.78. The number of amides is 1. The lowest BCUT2D eigenvalue weighted by Crippen LogP contribution is -2.14. The van der Waals surface area contributed by atoms with Crippen molar-refractivity contribution < 1.29 is 14.3 Å². The molecular formula is C25H22N2O3. The molecule has 0 aliphatic carbocycles. The second-order valence-corrected chi connectivity index (χ2v) is 6.69. The predicted molar refractivity (Wildman–Crippen MR) is 119 cm³/mol. The second kappa shape index (κ2) is 8.66. The highest BCUT2D eigenvalue weighted by atomic mass is 16.5. The largest absolute Gasteiger partial charge is 0.497 e. The molecule has 0 radical (unpaired) electrons. The van der Waals surface area contributed by atoms with Crippen LogP contribution in [0.25, 0.3) is 22.2 Å². The van der Waals surface area contributed by atoms with Crippen LogP contribution >= 0.6 is 0 Å². The van der Waals surface area contributed by atoms with Gasteiger partial charge in [0.25, 0.3) is 5.91 Å². The van der Waals surface area contributed by atoms with Crippen LogP contribution in [0.5, 0.6) is 11.5 Å². The molecule has 0 fully saturated rings. The van der Waals surface area contributed by atoms with Crippen LogP contribution in [0.15, 0.2) is 78.9 Å². The van der Waals surface area contributed by atoms with Gasteiger partial charge in [-0.15, -0.1) is 0 Å². The maximum absolute atomic E-state index is 13.3. The first-order chi connectivity index (χ1) is 14.7. The number of hydrogen-bond donors (Lipinski definition) is 1. The van der Waals surface area contributed by atoms with E-state index in [1.54, 1.807) is 7.11 Å². The number of para-hydroxylation sites is 3. The maximum atomic E-state index is 13.3. The van der Waals surface area contributed by atoms with Gasteiger partial charge >= 0.3 is 0 Å². The Balaban J connectivity index is 1.79. The lowest BCUT2D eigenvalue weighted by molar-refractivity contribution is 0.102. The van der Waals surface area contributed by atoms with Crippen LogP contribution < -0.4 is 14.8 Å². The lowest BCUT2D eigenvalue weighted by Gasteiger charge is -2.13. The highest BCUT2D eigenvalue weighted by molar-refractivity contribution is 6.13. The smallest absolute Gasteiger partial charge is 0.256 e. The molecule has 0 aliphatic rings. The molecule has 3 aromatic carbocycles. The molecule has 0 saturated carbocycles. The number of carbonyl (C=O) groups excluding carboxylic acids is 1. The van der Waals surface area contributed by atoms with Crippen LogP contribution in [-0.2, 0) is 0 Å². The zero-order chi connectivity index (χ0) is 20.9.